The summed E-state index contributed by atoms with van der Waals surface area (Å²) in [5.41, 5.74) is 0.402. The van der Waals surface area contributed by atoms with Gasteiger partial charge >= 0.3 is 0 Å². The molecular formula is C7H6NO3Y-. The number of aromatic hydroxyl groups is 1. The standard InChI is InChI=1S/C7H6NO3.Y/c1-5-2-3-7(9)6(4-5)8(10)11;/h2,4,9H,1H3;/q-1;. The van der Waals surface area contributed by atoms with Crippen LogP contribution in [0.4, 0.5) is 5.69 Å². The predicted molar refractivity (Wildman–Crippen MR) is 38.3 cm³/mol. The van der Waals surface area contributed by atoms with E-state index in [4.69, 9.17) is 5.11 Å². The van der Waals surface area contributed by atoms with Gasteiger partial charge in [-0.05, 0) is 0 Å². The van der Waals surface area contributed by atoms with Crippen LogP contribution >= 0.6 is 0 Å². The van der Waals surface area contributed by atoms with Crippen molar-refractivity contribution in [3.63, 3.8) is 0 Å². The van der Waals surface area contributed by atoms with E-state index < -0.39 is 10.7 Å². The zero-order valence-electron chi connectivity index (χ0n) is 6.44. The van der Waals surface area contributed by atoms with Crippen LogP contribution in [0.1, 0.15) is 5.56 Å². The van der Waals surface area contributed by atoms with Gasteiger partial charge in [-0.25, -0.2) is 0 Å². The number of rotatable bonds is 1. The van der Waals surface area contributed by atoms with E-state index in [9.17, 15) is 10.1 Å². The third-order valence-corrected chi connectivity index (χ3v) is 1.24. The van der Waals surface area contributed by atoms with Crippen LogP contribution in [0.15, 0.2) is 12.1 Å². The van der Waals surface area contributed by atoms with E-state index in [1.54, 1.807) is 6.92 Å². The first-order valence-corrected chi connectivity index (χ1v) is 2.97. The SMILES string of the molecule is Cc1c[c-]c(O)c([N+](=O)[O-])c1.[Y]. The molecular weight excluding hydrogens is 235 g/mol. The summed E-state index contributed by atoms with van der Waals surface area (Å²) in [5.74, 6) is -0.416. The van der Waals surface area contributed by atoms with Crippen molar-refractivity contribution in [2.75, 3.05) is 0 Å². The second kappa shape index (κ2) is 4.53. The van der Waals surface area contributed by atoms with Gasteiger partial charge in [0.1, 0.15) is 0 Å². The Balaban J connectivity index is 0.00000121. The van der Waals surface area contributed by atoms with Crippen LogP contribution in [0.3, 0.4) is 0 Å². The van der Waals surface area contributed by atoms with Crippen LogP contribution < -0.4 is 0 Å². The molecule has 0 aromatic heterocycles. The first kappa shape index (κ1) is 11.5. The van der Waals surface area contributed by atoms with Gasteiger partial charge in [0, 0.05) is 37.6 Å². The van der Waals surface area contributed by atoms with Crippen molar-refractivity contribution >= 4 is 5.69 Å². The van der Waals surface area contributed by atoms with E-state index in [2.05, 4.69) is 6.07 Å². The fourth-order valence-electron chi connectivity index (χ4n) is 0.721. The predicted octanol–water partition coefficient (Wildman–Crippen LogP) is 1.41. The summed E-state index contributed by atoms with van der Waals surface area (Å²) in [6.45, 7) is 1.70. The van der Waals surface area contributed by atoms with Gasteiger partial charge in [0.05, 0.1) is 5.75 Å². The first-order chi connectivity index (χ1) is 5.11. The van der Waals surface area contributed by atoms with Gasteiger partial charge in [-0.15, -0.1) is 6.07 Å². The van der Waals surface area contributed by atoms with Crippen molar-refractivity contribution in [1.82, 2.24) is 0 Å². The Labute approximate surface area is 94.6 Å². The average Bonchev–Trinajstić information content (AvgIpc) is 1.94. The van der Waals surface area contributed by atoms with Crippen molar-refractivity contribution in [2.24, 2.45) is 0 Å². The largest absolute Gasteiger partial charge is 0.527 e. The third kappa shape index (κ3) is 2.53. The molecule has 0 fully saturated rings. The number of hydrogen-bond donors (Lipinski definition) is 1. The number of phenolic OH excluding ortho intramolecular Hbond substituents is 1. The number of hydrogen-bond acceptors (Lipinski definition) is 3. The van der Waals surface area contributed by atoms with Crippen LogP contribution in [0.25, 0.3) is 0 Å². The summed E-state index contributed by atoms with van der Waals surface area (Å²) in [7, 11) is 0. The molecule has 0 spiro atoms. The smallest absolute Gasteiger partial charge is 0.203 e. The number of benzene rings is 1. The number of nitro benzene ring substituents is 1. The summed E-state index contributed by atoms with van der Waals surface area (Å²) in [5, 5.41) is 19.1. The third-order valence-electron chi connectivity index (χ3n) is 1.24. The molecule has 0 amide bonds. The van der Waals surface area contributed by atoms with E-state index in [1.165, 1.54) is 12.1 Å². The maximum atomic E-state index is 10.2. The van der Waals surface area contributed by atoms with Crippen molar-refractivity contribution < 1.29 is 42.7 Å². The minimum atomic E-state index is -0.640. The fraction of sp³-hybridized carbons (Fsp3) is 0.143. The quantitative estimate of drug-likeness (QED) is 0.459. The molecule has 12 heavy (non-hydrogen) atoms. The van der Waals surface area contributed by atoms with Gasteiger partial charge in [0.25, 0.3) is 0 Å². The van der Waals surface area contributed by atoms with E-state index in [1.807, 2.05) is 0 Å². The van der Waals surface area contributed by atoms with Crippen LogP contribution in [-0.4, -0.2) is 10.0 Å². The van der Waals surface area contributed by atoms with Gasteiger partial charge in [0.15, 0.2) is 0 Å². The molecule has 1 aromatic carbocycles. The van der Waals surface area contributed by atoms with Crippen LogP contribution in [0.5, 0.6) is 5.75 Å². The van der Waals surface area contributed by atoms with Gasteiger partial charge < -0.3 is 5.11 Å². The second-order valence-electron chi connectivity index (χ2n) is 2.17. The number of aryl methyl sites for hydroxylation is 1. The molecule has 1 N–H and O–H groups in total. The fourth-order valence-corrected chi connectivity index (χ4v) is 0.721. The minimum Gasteiger partial charge on any atom is -0.527 e. The normalized spacial score (nSPS) is 8.75. The monoisotopic (exact) mass is 241 g/mol. The first-order valence-electron chi connectivity index (χ1n) is 2.97. The number of nitrogens with zero attached hydrogens (tertiary/aromatic N) is 1. The summed E-state index contributed by atoms with van der Waals surface area (Å²) < 4.78 is 0. The number of phenols is 1. The zero-order valence-corrected chi connectivity index (χ0v) is 9.28. The number of nitro groups is 1. The maximum Gasteiger partial charge on any atom is 0.203 e. The topological polar surface area (TPSA) is 63.4 Å². The van der Waals surface area contributed by atoms with E-state index in [0.717, 1.165) is 0 Å². The molecule has 0 saturated carbocycles. The Morgan fingerprint density at radius 1 is 1.67 bits per heavy atom. The second-order valence-corrected chi connectivity index (χ2v) is 2.17. The van der Waals surface area contributed by atoms with Crippen LogP contribution in [-0.2, 0) is 32.7 Å². The molecule has 0 heterocycles. The molecule has 1 aromatic rings. The Hall–Kier alpha value is -0.476. The van der Waals surface area contributed by atoms with Crippen molar-refractivity contribution in [3.8, 4) is 5.75 Å². The Bertz CT molecular complexity index is 301. The van der Waals surface area contributed by atoms with Crippen LogP contribution in [0.2, 0.25) is 0 Å². The molecule has 61 valence electrons. The van der Waals surface area contributed by atoms with Gasteiger partial charge in [-0.3, -0.25) is 10.1 Å². The Morgan fingerprint density at radius 2 is 2.25 bits per heavy atom. The Kier molecular flexibility index (Phi) is 4.35. The molecule has 0 saturated heterocycles. The molecule has 0 aliphatic heterocycles. The van der Waals surface area contributed by atoms with Crippen LogP contribution in [0, 0.1) is 23.1 Å². The summed E-state index contributed by atoms with van der Waals surface area (Å²) in [4.78, 5) is 9.56. The van der Waals surface area contributed by atoms with Gasteiger partial charge in [-0.2, -0.15) is 11.6 Å². The van der Waals surface area contributed by atoms with E-state index in [0.29, 0.717) is 5.56 Å². The molecule has 1 rings (SSSR count). The summed E-state index contributed by atoms with van der Waals surface area (Å²) in [6.07, 6.45) is 0. The summed E-state index contributed by atoms with van der Waals surface area (Å²) in [6, 6.07) is 5.15. The van der Waals surface area contributed by atoms with E-state index >= 15 is 0 Å². The molecule has 4 nitrogen and oxygen atoms in total. The molecule has 5 heteroatoms. The van der Waals surface area contributed by atoms with Crippen molar-refractivity contribution in [3.05, 3.63) is 33.9 Å². The van der Waals surface area contributed by atoms with Crippen molar-refractivity contribution in [1.29, 1.82) is 0 Å². The molecule has 0 aliphatic carbocycles. The minimum absolute atomic E-state index is 0. The maximum absolute atomic E-state index is 10.2. The molecule has 0 aliphatic rings. The molecule has 0 bridgehead atoms. The van der Waals surface area contributed by atoms with Gasteiger partial charge in [-0.1, -0.05) is 13.0 Å². The molecule has 0 atom stereocenters. The van der Waals surface area contributed by atoms with Gasteiger partial charge in [0.2, 0.25) is 5.69 Å². The molecule has 1 radical (unpaired) electrons. The zero-order chi connectivity index (χ0) is 8.43. The van der Waals surface area contributed by atoms with Crippen molar-refractivity contribution in [2.45, 2.75) is 6.92 Å². The molecule has 0 unspecified atom stereocenters. The Morgan fingerprint density at radius 3 is 2.67 bits per heavy atom. The summed E-state index contributed by atoms with van der Waals surface area (Å²) >= 11 is 0. The van der Waals surface area contributed by atoms with E-state index in [-0.39, 0.29) is 38.4 Å². The average molecular weight is 241 g/mol.